The normalized spacial score (nSPS) is 10.7. The minimum atomic E-state index is -0.0961. The van der Waals surface area contributed by atoms with Gasteiger partial charge in [-0.05, 0) is 56.2 Å². The Morgan fingerprint density at radius 1 is 1.10 bits per heavy atom. The van der Waals surface area contributed by atoms with E-state index in [9.17, 15) is 9.59 Å². The van der Waals surface area contributed by atoms with Crippen molar-refractivity contribution < 1.29 is 14.3 Å². The number of carbonyl (C=O) groups is 2. The molecule has 2 aromatic carbocycles. The number of rotatable bonds is 8. The summed E-state index contributed by atoms with van der Waals surface area (Å²) in [4.78, 5) is 29.3. The molecule has 3 rings (SSSR count). The zero-order valence-electron chi connectivity index (χ0n) is 17.4. The molecule has 0 fully saturated rings. The highest BCUT2D eigenvalue weighted by molar-refractivity contribution is 8.01. The largest absolute Gasteiger partial charge is 0.497 e. The molecule has 0 bridgehead atoms. The number of anilines is 1. The Morgan fingerprint density at radius 3 is 2.40 bits per heavy atom. The molecular formula is C23H24N2O3S2. The summed E-state index contributed by atoms with van der Waals surface area (Å²) in [6.45, 7) is 6.03. The SMILES string of the molecule is COc1ccc(C(=O)CSc2nc(CC(=O)Nc3c(C)cc(C)cc3C)cs2)cc1. The number of thioether (sulfide) groups is 1. The van der Waals surface area contributed by atoms with E-state index >= 15 is 0 Å². The Bertz CT molecular complexity index is 1040. The predicted octanol–water partition coefficient (Wildman–Crippen LogP) is 5.23. The second-order valence-corrected chi connectivity index (χ2v) is 9.12. The first-order valence-corrected chi connectivity index (χ1v) is 11.3. The molecule has 1 amide bonds. The lowest BCUT2D eigenvalue weighted by atomic mass is 10.0. The number of nitrogens with zero attached hydrogens (tertiary/aromatic N) is 1. The topological polar surface area (TPSA) is 68.3 Å². The van der Waals surface area contributed by atoms with Crippen LogP contribution in [0.2, 0.25) is 0 Å². The summed E-state index contributed by atoms with van der Waals surface area (Å²) >= 11 is 2.84. The average molecular weight is 441 g/mol. The van der Waals surface area contributed by atoms with E-state index in [0.29, 0.717) is 17.0 Å². The zero-order valence-corrected chi connectivity index (χ0v) is 19.1. The number of aryl methyl sites for hydroxylation is 3. The monoisotopic (exact) mass is 440 g/mol. The van der Waals surface area contributed by atoms with Gasteiger partial charge in [-0.2, -0.15) is 0 Å². The number of Topliss-reactive ketones (excluding diaryl/α,β-unsaturated/α-hetero) is 1. The van der Waals surface area contributed by atoms with Gasteiger partial charge in [-0.25, -0.2) is 4.98 Å². The lowest BCUT2D eigenvalue weighted by Crippen LogP contribution is -2.16. The molecule has 3 aromatic rings. The molecule has 0 unspecified atom stereocenters. The van der Waals surface area contributed by atoms with Crippen LogP contribution >= 0.6 is 23.1 Å². The molecule has 1 heterocycles. The number of hydrogen-bond acceptors (Lipinski definition) is 6. The Balaban J connectivity index is 1.54. The lowest BCUT2D eigenvalue weighted by molar-refractivity contribution is -0.115. The summed E-state index contributed by atoms with van der Waals surface area (Å²) in [5.74, 6) is 0.953. The summed E-state index contributed by atoms with van der Waals surface area (Å²) in [5.41, 5.74) is 5.48. The number of amides is 1. The van der Waals surface area contributed by atoms with E-state index in [4.69, 9.17) is 4.74 Å². The van der Waals surface area contributed by atoms with E-state index in [-0.39, 0.29) is 18.1 Å². The Hall–Kier alpha value is -2.64. The lowest BCUT2D eigenvalue weighted by Gasteiger charge is -2.12. The van der Waals surface area contributed by atoms with Crippen molar-refractivity contribution in [3.63, 3.8) is 0 Å². The predicted molar refractivity (Wildman–Crippen MR) is 123 cm³/mol. The van der Waals surface area contributed by atoms with Crippen molar-refractivity contribution >= 4 is 40.5 Å². The van der Waals surface area contributed by atoms with Crippen LogP contribution in [-0.2, 0) is 11.2 Å². The molecule has 156 valence electrons. The van der Waals surface area contributed by atoms with Gasteiger partial charge in [0.1, 0.15) is 5.75 Å². The van der Waals surface area contributed by atoms with Crippen LogP contribution in [0.3, 0.4) is 0 Å². The van der Waals surface area contributed by atoms with Crippen LogP contribution in [0.4, 0.5) is 5.69 Å². The second kappa shape index (κ2) is 9.91. The van der Waals surface area contributed by atoms with Crippen molar-refractivity contribution in [1.29, 1.82) is 0 Å². The highest BCUT2D eigenvalue weighted by Crippen LogP contribution is 2.25. The van der Waals surface area contributed by atoms with Crippen LogP contribution in [0.1, 0.15) is 32.7 Å². The maximum Gasteiger partial charge on any atom is 0.230 e. The van der Waals surface area contributed by atoms with Crippen LogP contribution in [0.25, 0.3) is 0 Å². The van der Waals surface area contributed by atoms with Crippen LogP contribution in [0.5, 0.6) is 5.75 Å². The molecule has 0 aliphatic heterocycles. The molecule has 0 radical (unpaired) electrons. The molecule has 0 spiro atoms. The van der Waals surface area contributed by atoms with Gasteiger partial charge >= 0.3 is 0 Å². The third kappa shape index (κ3) is 5.70. The summed E-state index contributed by atoms with van der Waals surface area (Å²) in [7, 11) is 1.59. The molecule has 0 saturated heterocycles. The molecule has 0 aliphatic carbocycles. The molecule has 7 heteroatoms. The van der Waals surface area contributed by atoms with Gasteiger partial charge in [0.05, 0.1) is 25.0 Å². The van der Waals surface area contributed by atoms with Gasteiger partial charge in [0, 0.05) is 16.6 Å². The summed E-state index contributed by atoms with van der Waals surface area (Å²) in [6.07, 6.45) is 0.205. The van der Waals surface area contributed by atoms with Crippen molar-refractivity contribution in [3.05, 3.63) is 69.7 Å². The number of nitrogens with one attached hydrogen (secondary N) is 1. The number of thiazole rings is 1. The third-order valence-electron chi connectivity index (χ3n) is 4.55. The summed E-state index contributed by atoms with van der Waals surface area (Å²) in [6, 6.07) is 11.2. The van der Waals surface area contributed by atoms with Gasteiger partial charge < -0.3 is 10.1 Å². The quantitative estimate of drug-likeness (QED) is 0.384. The number of ketones is 1. The van der Waals surface area contributed by atoms with Gasteiger partial charge in [0.2, 0.25) is 5.91 Å². The van der Waals surface area contributed by atoms with Crippen LogP contribution < -0.4 is 10.1 Å². The summed E-state index contributed by atoms with van der Waals surface area (Å²) < 4.78 is 5.89. The van der Waals surface area contributed by atoms with Crippen LogP contribution in [-0.4, -0.2) is 29.5 Å². The number of carbonyl (C=O) groups excluding carboxylic acids is 2. The molecule has 30 heavy (non-hydrogen) atoms. The minimum absolute atomic E-state index is 0.0301. The maximum atomic E-state index is 12.5. The molecular weight excluding hydrogens is 416 g/mol. The smallest absolute Gasteiger partial charge is 0.230 e. The minimum Gasteiger partial charge on any atom is -0.497 e. The third-order valence-corrected chi connectivity index (χ3v) is 6.62. The molecule has 1 aromatic heterocycles. The first-order valence-electron chi connectivity index (χ1n) is 9.48. The van der Waals surface area contributed by atoms with Gasteiger partial charge in [-0.3, -0.25) is 9.59 Å². The first-order chi connectivity index (χ1) is 14.4. The maximum absolute atomic E-state index is 12.5. The van der Waals surface area contributed by atoms with Crippen LogP contribution in [0.15, 0.2) is 46.1 Å². The summed E-state index contributed by atoms with van der Waals surface area (Å²) in [5, 5.41) is 4.87. The second-order valence-electron chi connectivity index (χ2n) is 7.04. The number of methoxy groups -OCH3 is 1. The van der Waals surface area contributed by atoms with Gasteiger partial charge in [0.25, 0.3) is 0 Å². The van der Waals surface area contributed by atoms with Gasteiger partial charge in [-0.1, -0.05) is 29.5 Å². The van der Waals surface area contributed by atoms with Crippen molar-refractivity contribution in [2.45, 2.75) is 31.5 Å². The number of ether oxygens (including phenoxy) is 1. The zero-order chi connectivity index (χ0) is 21.7. The van der Waals surface area contributed by atoms with E-state index in [1.807, 2.05) is 26.2 Å². The highest BCUT2D eigenvalue weighted by atomic mass is 32.2. The number of aromatic nitrogens is 1. The molecule has 0 aliphatic rings. The fourth-order valence-corrected chi connectivity index (χ4v) is 4.89. The molecule has 0 atom stereocenters. The van der Waals surface area contributed by atoms with E-state index < -0.39 is 0 Å². The fraction of sp³-hybridized carbons (Fsp3) is 0.261. The number of hydrogen-bond donors (Lipinski definition) is 1. The fourth-order valence-electron chi connectivity index (χ4n) is 3.15. The molecule has 1 N–H and O–H groups in total. The average Bonchev–Trinajstić information content (AvgIpc) is 3.16. The number of benzene rings is 2. The van der Waals surface area contributed by atoms with Crippen molar-refractivity contribution in [1.82, 2.24) is 4.98 Å². The molecule has 5 nitrogen and oxygen atoms in total. The molecule has 0 saturated carbocycles. The van der Waals surface area contributed by atoms with E-state index in [2.05, 4.69) is 22.4 Å². The first kappa shape index (κ1) is 22.1. The van der Waals surface area contributed by atoms with Crippen molar-refractivity contribution in [2.75, 3.05) is 18.2 Å². The van der Waals surface area contributed by atoms with E-state index in [0.717, 1.165) is 26.9 Å². The van der Waals surface area contributed by atoms with E-state index in [1.54, 1.807) is 31.4 Å². The standard InChI is InChI=1S/C23H24N2O3S2/c1-14-9-15(2)22(16(3)10-14)25-21(27)11-18-12-29-23(24-18)30-13-20(26)17-5-7-19(28-4)8-6-17/h5-10,12H,11,13H2,1-4H3,(H,25,27). The Kier molecular flexibility index (Phi) is 7.29. The Labute approximate surface area is 184 Å². The highest BCUT2D eigenvalue weighted by Gasteiger charge is 2.13. The van der Waals surface area contributed by atoms with Crippen molar-refractivity contribution in [2.24, 2.45) is 0 Å². The van der Waals surface area contributed by atoms with Crippen LogP contribution in [0, 0.1) is 20.8 Å². The van der Waals surface area contributed by atoms with Gasteiger partial charge in [0.15, 0.2) is 10.1 Å². The van der Waals surface area contributed by atoms with Gasteiger partial charge in [-0.15, -0.1) is 11.3 Å². The van der Waals surface area contributed by atoms with Crippen molar-refractivity contribution in [3.8, 4) is 5.75 Å². The van der Waals surface area contributed by atoms with E-state index in [1.165, 1.54) is 28.7 Å². The Morgan fingerprint density at radius 2 is 1.77 bits per heavy atom.